The number of benzene rings is 3. The summed E-state index contributed by atoms with van der Waals surface area (Å²) < 4.78 is 18.7. The Morgan fingerprint density at radius 2 is 1.79 bits per heavy atom. The second-order valence-corrected chi connectivity index (χ2v) is 7.74. The zero-order valence-corrected chi connectivity index (χ0v) is 17.8. The smallest absolute Gasteiger partial charge is 0.337 e. The molecule has 3 aromatic rings. The average molecular weight is 449 g/mol. The van der Waals surface area contributed by atoms with Crippen molar-refractivity contribution in [3.63, 3.8) is 0 Å². The zero-order valence-electron chi connectivity index (χ0n) is 17.8. The summed E-state index contributed by atoms with van der Waals surface area (Å²) in [4.78, 5) is 50.6. The number of urea groups is 1. The van der Waals surface area contributed by atoms with Gasteiger partial charge in [0.25, 0.3) is 5.91 Å². The van der Waals surface area contributed by atoms with Gasteiger partial charge in [-0.3, -0.25) is 14.5 Å². The lowest BCUT2D eigenvalue weighted by Gasteiger charge is -2.22. The highest BCUT2D eigenvalue weighted by atomic mass is 19.1. The quantitative estimate of drug-likeness (QED) is 0.460. The molecule has 1 aliphatic rings. The van der Waals surface area contributed by atoms with Crippen LogP contribution < -0.4 is 10.6 Å². The van der Waals surface area contributed by atoms with Crippen LogP contribution in [-0.2, 0) is 19.9 Å². The van der Waals surface area contributed by atoms with Gasteiger partial charge in [-0.25, -0.2) is 14.0 Å². The Labute approximate surface area is 188 Å². The number of methoxy groups -OCH3 is 1. The lowest BCUT2D eigenvalue weighted by molar-refractivity contribution is -0.133. The van der Waals surface area contributed by atoms with Crippen molar-refractivity contribution in [2.45, 2.75) is 12.5 Å². The number of halogens is 1. The van der Waals surface area contributed by atoms with Crippen molar-refractivity contribution in [3.8, 4) is 0 Å². The highest BCUT2D eigenvalue weighted by molar-refractivity contribution is 6.10. The number of nitrogens with zero attached hydrogens (tertiary/aromatic N) is 1. The molecule has 1 aliphatic heterocycles. The lowest BCUT2D eigenvalue weighted by atomic mass is 9.90. The molecule has 2 N–H and O–H groups in total. The number of ether oxygens (including phenoxy) is 1. The molecule has 0 aliphatic carbocycles. The van der Waals surface area contributed by atoms with Crippen LogP contribution in [0.2, 0.25) is 0 Å². The van der Waals surface area contributed by atoms with Crippen molar-refractivity contribution in [3.05, 3.63) is 77.6 Å². The van der Waals surface area contributed by atoms with Gasteiger partial charge in [-0.1, -0.05) is 36.4 Å². The summed E-state index contributed by atoms with van der Waals surface area (Å²) in [5.41, 5.74) is -1.03. The molecular weight excluding hydrogens is 429 g/mol. The Hall–Kier alpha value is -4.27. The van der Waals surface area contributed by atoms with Gasteiger partial charge in [0.05, 0.1) is 18.4 Å². The third-order valence-electron chi connectivity index (χ3n) is 5.57. The molecule has 0 aromatic heterocycles. The van der Waals surface area contributed by atoms with Crippen molar-refractivity contribution in [1.82, 2.24) is 10.2 Å². The zero-order chi connectivity index (χ0) is 23.8. The van der Waals surface area contributed by atoms with Gasteiger partial charge in [-0.15, -0.1) is 0 Å². The number of carbonyl (C=O) groups is 4. The Morgan fingerprint density at radius 3 is 2.52 bits per heavy atom. The molecule has 1 atom stereocenters. The maximum Gasteiger partial charge on any atom is 0.337 e. The van der Waals surface area contributed by atoms with Crippen molar-refractivity contribution >= 4 is 40.3 Å². The average Bonchev–Trinajstić information content (AvgIpc) is 3.03. The number of carbonyl (C=O) groups excluding carboxylic acids is 4. The predicted octanol–water partition coefficient (Wildman–Crippen LogP) is 3.17. The molecule has 1 saturated heterocycles. The summed E-state index contributed by atoms with van der Waals surface area (Å²) in [5, 5.41) is 6.82. The number of fused-ring (bicyclic) bond motifs is 1. The Balaban J connectivity index is 1.53. The molecular formula is C24H20FN3O5. The van der Waals surface area contributed by atoms with Crippen LogP contribution >= 0.6 is 0 Å². The highest BCUT2D eigenvalue weighted by Crippen LogP contribution is 2.31. The molecule has 33 heavy (non-hydrogen) atoms. The predicted molar refractivity (Wildman–Crippen MR) is 118 cm³/mol. The molecule has 9 heteroatoms. The van der Waals surface area contributed by atoms with Gasteiger partial charge in [-0.05, 0) is 47.5 Å². The Morgan fingerprint density at radius 1 is 1.06 bits per heavy atom. The second kappa shape index (κ2) is 8.34. The van der Waals surface area contributed by atoms with E-state index in [4.69, 9.17) is 0 Å². The van der Waals surface area contributed by atoms with Gasteiger partial charge in [0, 0.05) is 0 Å². The number of amides is 4. The second-order valence-electron chi connectivity index (χ2n) is 7.74. The van der Waals surface area contributed by atoms with Crippen molar-refractivity contribution < 1.29 is 28.3 Å². The summed E-state index contributed by atoms with van der Waals surface area (Å²) in [7, 11) is 1.17. The third-order valence-corrected chi connectivity index (χ3v) is 5.57. The van der Waals surface area contributed by atoms with E-state index in [2.05, 4.69) is 15.4 Å². The maximum atomic E-state index is 14.1. The van der Waals surface area contributed by atoms with E-state index in [0.29, 0.717) is 5.56 Å². The van der Waals surface area contributed by atoms with E-state index in [0.717, 1.165) is 27.8 Å². The minimum atomic E-state index is -1.36. The van der Waals surface area contributed by atoms with E-state index in [1.54, 1.807) is 13.0 Å². The molecule has 0 radical (unpaired) electrons. The van der Waals surface area contributed by atoms with Gasteiger partial charge >= 0.3 is 12.0 Å². The largest absolute Gasteiger partial charge is 0.465 e. The van der Waals surface area contributed by atoms with Crippen molar-refractivity contribution in [2.75, 3.05) is 19.0 Å². The van der Waals surface area contributed by atoms with E-state index < -0.39 is 41.7 Å². The van der Waals surface area contributed by atoms with Gasteiger partial charge in [0.1, 0.15) is 17.9 Å². The first kappa shape index (κ1) is 21.9. The van der Waals surface area contributed by atoms with Gasteiger partial charge in [0.2, 0.25) is 5.91 Å². The fraction of sp³-hybridized carbons (Fsp3) is 0.167. The summed E-state index contributed by atoms with van der Waals surface area (Å²) in [6, 6.07) is 15.6. The molecule has 1 heterocycles. The molecule has 0 bridgehead atoms. The molecule has 168 valence electrons. The van der Waals surface area contributed by atoms with E-state index in [1.165, 1.54) is 13.2 Å². The van der Waals surface area contributed by atoms with Crippen LogP contribution in [0.5, 0.6) is 0 Å². The van der Waals surface area contributed by atoms with Gasteiger partial charge < -0.3 is 15.4 Å². The minimum Gasteiger partial charge on any atom is -0.465 e. The molecule has 4 amide bonds. The third kappa shape index (κ3) is 4.00. The first-order valence-corrected chi connectivity index (χ1v) is 10.0. The van der Waals surface area contributed by atoms with E-state index in [9.17, 15) is 23.6 Å². The number of hydrogen-bond donors (Lipinski definition) is 2. The first-order chi connectivity index (χ1) is 15.7. The molecule has 3 aromatic carbocycles. The lowest BCUT2D eigenvalue weighted by Crippen LogP contribution is -2.42. The number of imide groups is 1. The summed E-state index contributed by atoms with van der Waals surface area (Å²) >= 11 is 0. The van der Waals surface area contributed by atoms with E-state index in [-0.39, 0.29) is 11.3 Å². The van der Waals surface area contributed by atoms with E-state index >= 15 is 0 Å². The standard InChI is InChI=1S/C24H20FN3O5/c1-24(17-9-7-14-5-3-4-6-15(14)11-17)22(31)28(23(32)27-24)13-20(29)26-19-12-16(21(30)33-2)8-10-18(19)25/h3-12H,13H2,1-2H3,(H,26,29)(H,27,32). The molecule has 4 rings (SSSR count). The van der Waals surface area contributed by atoms with Gasteiger partial charge in [-0.2, -0.15) is 0 Å². The molecule has 0 spiro atoms. The van der Waals surface area contributed by atoms with E-state index in [1.807, 2.05) is 36.4 Å². The topological polar surface area (TPSA) is 105 Å². The van der Waals surface area contributed by atoms with Crippen LogP contribution in [-0.4, -0.2) is 42.4 Å². The molecule has 1 fully saturated rings. The number of hydrogen-bond acceptors (Lipinski definition) is 5. The summed E-state index contributed by atoms with van der Waals surface area (Å²) in [6.45, 7) is 0.935. The SMILES string of the molecule is COC(=O)c1ccc(F)c(NC(=O)CN2C(=O)NC(C)(c3ccc4ccccc4c3)C2=O)c1. The Bertz CT molecular complexity index is 1310. The number of rotatable bonds is 5. The monoisotopic (exact) mass is 449 g/mol. The van der Waals surface area contributed by atoms with Crippen LogP contribution in [0.15, 0.2) is 60.7 Å². The minimum absolute atomic E-state index is 0.0353. The number of esters is 1. The first-order valence-electron chi connectivity index (χ1n) is 10.0. The van der Waals surface area contributed by atoms with Crippen LogP contribution in [0.3, 0.4) is 0 Å². The summed E-state index contributed by atoms with van der Waals surface area (Å²) in [6.07, 6.45) is 0. The fourth-order valence-electron chi connectivity index (χ4n) is 3.74. The number of nitrogens with one attached hydrogen (secondary N) is 2. The van der Waals surface area contributed by atoms with Crippen LogP contribution in [0, 0.1) is 5.82 Å². The Kier molecular flexibility index (Phi) is 5.55. The van der Waals surface area contributed by atoms with Crippen LogP contribution in [0.25, 0.3) is 10.8 Å². The molecule has 1 unspecified atom stereocenters. The molecule has 8 nitrogen and oxygen atoms in total. The van der Waals surface area contributed by atoms with Crippen LogP contribution in [0.4, 0.5) is 14.9 Å². The van der Waals surface area contributed by atoms with Crippen LogP contribution in [0.1, 0.15) is 22.8 Å². The van der Waals surface area contributed by atoms with Crippen molar-refractivity contribution in [2.24, 2.45) is 0 Å². The fourth-order valence-corrected chi connectivity index (χ4v) is 3.74. The van der Waals surface area contributed by atoms with Gasteiger partial charge in [0.15, 0.2) is 0 Å². The normalized spacial score (nSPS) is 17.7. The summed E-state index contributed by atoms with van der Waals surface area (Å²) in [5.74, 6) is -2.90. The number of anilines is 1. The maximum absolute atomic E-state index is 14.1. The van der Waals surface area contributed by atoms with Crippen molar-refractivity contribution in [1.29, 1.82) is 0 Å². The molecule has 0 saturated carbocycles. The highest BCUT2D eigenvalue weighted by Gasteiger charge is 2.49.